The van der Waals surface area contributed by atoms with Crippen LogP contribution in [0.1, 0.15) is 0 Å². The lowest BCUT2D eigenvalue weighted by molar-refractivity contribution is -0.119. The zero-order valence-electron chi connectivity index (χ0n) is 6.23. The van der Waals surface area contributed by atoms with Crippen molar-refractivity contribution in [1.29, 1.82) is 0 Å². The normalized spacial score (nSPS) is 18.9. The van der Waals surface area contributed by atoms with Gasteiger partial charge in [-0.25, -0.2) is 0 Å². The number of hydrogen-bond acceptors (Lipinski definition) is 5. The second kappa shape index (κ2) is 4.24. The molecule has 0 radical (unpaired) electrons. The van der Waals surface area contributed by atoms with Crippen LogP contribution in [0.3, 0.4) is 0 Å². The Morgan fingerprint density at radius 3 is 2.00 bits per heavy atom. The number of carbonyl (C=O) groups is 1. The van der Waals surface area contributed by atoms with E-state index >= 15 is 0 Å². The minimum absolute atomic E-state index is 0.183. The van der Waals surface area contributed by atoms with Gasteiger partial charge in [0.15, 0.2) is 0 Å². The van der Waals surface area contributed by atoms with Crippen molar-refractivity contribution >= 4 is 5.91 Å². The SMILES string of the molecule is NCC(N)C(N)C(N)C(N)=O. The van der Waals surface area contributed by atoms with Crippen LogP contribution in [0.5, 0.6) is 0 Å². The maximum Gasteiger partial charge on any atom is 0.236 e. The fourth-order valence-electron chi connectivity index (χ4n) is 0.613. The molecule has 0 bridgehead atoms. The summed E-state index contributed by atoms with van der Waals surface area (Å²) >= 11 is 0. The Balaban J connectivity index is 4.00. The Kier molecular flexibility index (Phi) is 3.98. The summed E-state index contributed by atoms with van der Waals surface area (Å²) in [6, 6.07) is -2.08. The molecule has 11 heavy (non-hydrogen) atoms. The molecule has 0 fully saturated rings. The van der Waals surface area contributed by atoms with Gasteiger partial charge in [0.1, 0.15) is 6.04 Å². The summed E-state index contributed by atoms with van der Waals surface area (Å²) in [7, 11) is 0. The Hall–Kier alpha value is -0.690. The quantitative estimate of drug-likeness (QED) is 0.289. The third kappa shape index (κ3) is 2.81. The molecule has 6 nitrogen and oxygen atoms in total. The van der Waals surface area contributed by atoms with Gasteiger partial charge in [0, 0.05) is 18.6 Å². The highest BCUT2D eigenvalue weighted by Gasteiger charge is 2.23. The molecule has 0 aromatic carbocycles. The summed E-state index contributed by atoms with van der Waals surface area (Å²) in [4.78, 5) is 10.5. The topological polar surface area (TPSA) is 147 Å². The zero-order valence-corrected chi connectivity index (χ0v) is 6.23. The van der Waals surface area contributed by atoms with Gasteiger partial charge in [-0.05, 0) is 0 Å². The molecule has 3 unspecified atom stereocenters. The van der Waals surface area contributed by atoms with Crippen molar-refractivity contribution in [2.24, 2.45) is 28.7 Å². The minimum atomic E-state index is -0.923. The van der Waals surface area contributed by atoms with E-state index in [0.717, 1.165) is 0 Å². The summed E-state index contributed by atoms with van der Waals surface area (Å²) in [5, 5.41) is 0. The molecule has 0 aromatic heterocycles. The van der Waals surface area contributed by atoms with Crippen molar-refractivity contribution in [3.63, 3.8) is 0 Å². The van der Waals surface area contributed by atoms with E-state index in [2.05, 4.69) is 0 Å². The smallest absolute Gasteiger partial charge is 0.236 e. The average Bonchev–Trinajstić information content (AvgIpc) is 2.00. The fourth-order valence-corrected chi connectivity index (χ4v) is 0.613. The van der Waals surface area contributed by atoms with Gasteiger partial charge >= 0.3 is 0 Å². The summed E-state index contributed by atoms with van der Waals surface area (Å²) in [5.41, 5.74) is 26.2. The molecule has 0 aliphatic carbocycles. The molecule has 0 heterocycles. The first kappa shape index (κ1) is 10.3. The fraction of sp³-hybridized carbons (Fsp3) is 0.800. The van der Waals surface area contributed by atoms with Crippen LogP contribution in [-0.2, 0) is 4.79 Å². The van der Waals surface area contributed by atoms with Gasteiger partial charge in [-0.2, -0.15) is 0 Å². The second-order valence-corrected chi connectivity index (χ2v) is 2.41. The monoisotopic (exact) mass is 161 g/mol. The van der Waals surface area contributed by atoms with Crippen molar-refractivity contribution in [2.45, 2.75) is 18.1 Å². The number of primary amides is 1. The van der Waals surface area contributed by atoms with Crippen molar-refractivity contribution in [2.75, 3.05) is 6.54 Å². The molecule has 0 rings (SSSR count). The molecule has 0 aromatic rings. The summed E-state index contributed by atoms with van der Waals surface area (Å²) in [5.74, 6) is -0.665. The lowest BCUT2D eigenvalue weighted by Crippen LogP contribution is -2.60. The summed E-state index contributed by atoms with van der Waals surface area (Å²) in [6.45, 7) is 0.183. The number of carbonyl (C=O) groups excluding carboxylic acids is 1. The van der Waals surface area contributed by atoms with Crippen LogP contribution >= 0.6 is 0 Å². The number of hydrogen-bond donors (Lipinski definition) is 5. The van der Waals surface area contributed by atoms with Crippen molar-refractivity contribution < 1.29 is 4.79 Å². The highest BCUT2D eigenvalue weighted by Crippen LogP contribution is 1.89. The van der Waals surface area contributed by atoms with Crippen LogP contribution in [0.2, 0.25) is 0 Å². The number of amides is 1. The first-order chi connectivity index (χ1) is 5.00. The van der Waals surface area contributed by atoms with E-state index in [0.29, 0.717) is 0 Å². The van der Waals surface area contributed by atoms with Crippen LogP contribution in [0, 0.1) is 0 Å². The largest absolute Gasteiger partial charge is 0.368 e. The van der Waals surface area contributed by atoms with Crippen LogP contribution in [-0.4, -0.2) is 30.6 Å². The van der Waals surface area contributed by atoms with E-state index in [9.17, 15) is 4.79 Å². The predicted octanol–water partition coefficient (Wildman–Crippen LogP) is -3.59. The molecular formula is C5H15N5O. The molecule has 6 heteroatoms. The van der Waals surface area contributed by atoms with Gasteiger partial charge in [-0.1, -0.05) is 0 Å². The van der Waals surface area contributed by atoms with E-state index in [1.165, 1.54) is 0 Å². The van der Waals surface area contributed by atoms with Crippen molar-refractivity contribution in [3.05, 3.63) is 0 Å². The Morgan fingerprint density at radius 1 is 1.27 bits per heavy atom. The maximum atomic E-state index is 10.5. The minimum Gasteiger partial charge on any atom is -0.368 e. The summed E-state index contributed by atoms with van der Waals surface area (Å²) in [6.07, 6.45) is 0. The second-order valence-electron chi connectivity index (χ2n) is 2.41. The molecule has 1 amide bonds. The van der Waals surface area contributed by atoms with Gasteiger partial charge < -0.3 is 28.7 Å². The number of nitrogens with two attached hydrogens (primary N) is 5. The first-order valence-electron chi connectivity index (χ1n) is 3.26. The van der Waals surface area contributed by atoms with E-state index in [1.54, 1.807) is 0 Å². The molecule has 66 valence electrons. The van der Waals surface area contributed by atoms with Gasteiger partial charge in [-0.3, -0.25) is 4.79 Å². The van der Waals surface area contributed by atoms with Crippen LogP contribution in [0.25, 0.3) is 0 Å². The van der Waals surface area contributed by atoms with E-state index in [4.69, 9.17) is 28.7 Å². The van der Waals surface area contributed by atoms with Crippen molar-refractivity contribution in [3.8, 4) is 0 Å². The van der Waals surface area contributed by atoms with Crippen LogP contribution in [0.4, 0.5) is 0 Å². The van der Waals surface area contributed by atoms with Gasteiger partial charge in [0.2, 0.25) is 5.91 Å². The van der Waals surface area contributed by atoms with E-state index in [1.807, 2.05) is 0 Å². The Bertz CT molecular complexity index is 139. The zero-order chi connectivity index (χ0) is 9.02. The van der Waals surface area contributed by atoms with E-state index in [-0.39, 0.29) is 6.54 Å². The molecule has 3 atom stereocenters. The van der Waals surface area contributed by atoms with Gasteiger partial charge in [0.25, 0.3) is 0 Å². The molecule has 0 aliphatic rings. The first-order valence-corrected chi connectivity index (χ1v) is 3.26. The van der Waals surface area contributed by atoms with Crippen LogP contribution < -0.4 is 28.7 Å². The predicted molar refractivity (Wildman–Crippen MR) is 42.2 cm³/mol. The molecule has 0 spiro atoms. The Labute approximate surface area is 65.1 Å². The summed E-state index contributed by atoms with van der Waals surface area (Å²) < 4.78 is 0. The standard InChI is InChI=1S/C5H15N5O/c6-1-2(7)3(8)4(9)5(10)11/h2-4H,1,6-9H2,(H2,10,11). The molecule has 0 saturated heterocycles. The molecule has 10 N–H and O–H groups in total. The third-order valence-electron chi connectivity index (χ3n) is 1.51. The molecular weight excluding hydrogens is 146 g/mol. The highest BCUT2D eigenvalue weighted by atomic mass is 16.1. The van der Waals surface area contributed by atoms with Gasteiger partial charge in [0.05, 0.1) is 0 Å². The third-order valence-corrected chi connectivity index (χ3v) is 1.51. The maximum absolute atomic E-state index is 10.5. The van der Waals surface area contributed by atoms with E-state index < -0.39 is 24.0 Å². The van der Waals surface area contributed by atoms with Crippen LogP contribution in [0.15, 0.2) is 0 Å². The molecule has 0 saturated carbocycles. The lowest BCUT2D eigenvalue weighted by Gasteiger charge is -2.21. The lowest BCUT2D eigenvalue weighted by atomic mass is 10.0. The van der Waals surface area contributed by atoms with Gasteiger partial charge in [-0.15, -0.1) is 0 Å². The highest BCUT2D eigenvalue weighted by molar-refractivity contribution is 5.80. The average molecular weight is 161 g/mol. The Morgan fingerprint density at radius 2 is 1.73 bits per heavy atom. The van der Waals surface area contributed by atoms with Crippen molar-refractivity contribution in [1.82, 2.24) is 0 Å². The number of rotatable bonds is 4. The molecule has 0 aliphatic heterocycles.